The molecule has 11 heteroatoms. The zero-order chi connectivity index (χ0) is 25.6. The Bertz CT molecular complexity index is 1500. The third-order valence-corrected chi connectivity index (χ3v) is 6.38. The van der Waals surface area contributed by atoms with Crippen molar-refractivity contribution in [2.45, 2.75) is 59.0 Å². The smallest absolute Gasteiger partial charge is 0.299 e. The van der Waals surface area contributed by atoms with Crippen molar-refractivity contribution in [3.63, 3.8) is 0 Å². The lowest BCUT2D eigenvalue weighted by Crippen LogP contribution is -2.26. The summed E-state index contributed by atoms with van der Waals surface area (Å²) in [5, 5.41) is 22.5. The highest BCUT2D eigenvalue weighted by Gasteiger charge is 2.17. The summed E-state index contributed by atoms with van der Waals surface area (Å²) in [6.45, 7) is 5.49. The van der Waals surface area contributed by atoms with Crippen LogP contribution in [0.25, 0.3) is 28.6 Å². The summed E-state index contributed by atoms with van der Waals surface area (Å²) in [5.74, 6) is 1.14. The second-order valence-electron chi connectivity index (χ2n) is 8.99. The van der Waals surface area contributed by atoms with Crippen LogP contribution in [0.5, 0.6) is 0 Å². The average molecular weight is 499 g/mol. The number of rotatable bonds is 11. The molecule has 0 aliphatic heterocycles. The van der Waals surface area contributed by atoms with Crippen LogP contribution < -0.4 is 5.69 Å². The van der Waals surface area contributed by atoms with Gasteiger partial charge >= 0.3 is 5.69 Å². The maximum absolute atomic E-state index is 13.5. The van der Waals surface area contributed by atoms with E-state index in [1.165, 1.54) is 0 Å². The fraction of sp³-hybridized carbons (Fsp3) is 0.346. The normalized spacial score (nSPS) is 11.3. The number of hydrogen-bond donors (Lipinski definition) is 1. The molecule has 1 aromatic carbocycles. The lowest BCUT2D eigenvalue weighted by Gasteiger charge is -2.09. The summed E-state index contributed by atoms with van der Waals surface area (Å²) in [5.41, 5.74) is 4.39. The number of aromatic amines is 1. The van der Waals surface area contributed by atoms with Gasteiger partial charge in [0.15, 0.2) is 5.82 Å². The lowest BCUT2D eigenvalue weighted by molar-refractivity contribution is 0.607. The maximum atomic E-state index is 13.5. The Labute approximate surface area is 214 Å². The van der Waals surface area contributed by atoms with E-state index in [1.54, 1.807) is 10.9 Å². The number of nitrogens with one attached hydrogen (secondary N) is 1. The summed E-state index contributed by atoms with van der Waals surface area (Å²) in [6, 6.07) is 11.8. The molecule has 5 rings (SSSR count). The van der Waals surface area contributed by atoms with E-state index in [2.05, 4.69) is 44.7 Å². The van der Waals surface area contributed by atoms with E-state index in [0.717, 1.165) is 66.7 Å². The lowest BCUT2D eigenvalue weighted by atomic mass is 10.0. The summed E-state index contributed by atoms with van der Waals surface area (Å²) in [7, 11) is 0. The van der Waals surface area contributed by atoms with Gasteiger partial charge in [-0.15, -0.1) is 15.3 Å². The van der Waals surface area contributed by atoms with Crippen LogP contribution in [0.1, 0.15) is 50.8 Å². The summed E-state index contributed by atoms with van der Waals surface area (Å²) in [4.78, 5) is 18.3. The van der Waals surface area contributed by atoms with Crippen molar-refractivity contribution in [1.82, 2.24) is 49.5 Å². The Morgan fingerprint density at radius 2 is 1.81 bits per heavy atom. The van der Waals surface area contributed by atoms with E-state index in [0.29, 0.717) is 18.3 Å². The number of benzene rings is 1. The first-order valence-electron chi connectivity index (χ1n) is 12.7. The second kappa shape index (κ2) is 11.1. The van der Waals surface area contributed by atoms with Crippen molar-refractivity contribution in [2.24, 2.45) is 0 Å². The van der Waals surface area contributed by atoms with Gasteiger partial charge in [-0.2, -0.15) is 0 Å². The number of unbranched alkanes of at least 4 members (excludes halogenated alkanes) is 2. The van der Waals surface area contributed by atoms with E-state index in [4.69, 9.17) is 4.98 Å². The van der Waals surface area contributed by atoms with Crippen LogP contribution in [0.15, 0.2) is 59.9 Å². The van der Waals surface area contributed by atoms with Crippen LogP contribution in [-0.4, -0.2) is 49.5 Å². The third-order valence-electron chi connectivity index (χ3n) is 6.38. The summed E-state index contributed by atoms with van der Waals surface area (Å²) < 4.78 is 5.38. The van der Waals surface area contributed by atoms with Gasteiger partial charge in [-0.05, 0) is 41.3 Å². The summed E-state index contributed by atoms with van der Waals surface area (Å²) in [6.07, 6.45) is 10.3. The number of H-pyrrole nitrogens is 1. The van der Waals surface area contributed by atoms with Crippen molar-refractivity contribution >= 4 is 0 Å². The van der Waals surface area contributed by atoms with Crippen molar-refractivity contribution < 1.29 is 0 Å². The number of hydrogen-bond acceptors (Lipinski definition) is 7. The molecule has 5 aromatic rings. The average Bonchev–Trinajstić information content (AvgIpc) is 3.69. The minimum Gasteiger partial charge on any atom is -0.299 e. The highest BCUT2D eigenvalue weighted by molar-refractivity contribution is 5.78. The first kappa shape index (κ1) is 24.3. The molecule has 4 aromatic heterocycles. The van der Waals surface area contributed by atoms with Gasteiger partial charge in [-0.1, -0.05) is 57.0 Å². The van der Waals surface area contributed by atoms with Crippen molar-refractivity contribution in [2.75, 3.05) is 0 Å². The molecule has 0 aliphatic carbocycles. The molecule has 4 heterocycles. The standard InChI is InChI=1S/C26H30N10O/c1-3-5-9-20-17-36(25-31-28-18-34(25)14-6-4-2)26(37)35(20)16-19-12-13-23(27-15-19)21-10-7-8-11-22(21)24-29-32-33-30-24/h7-8,10-13,15,17-18H,3-6,9,14,16H2,1-2H3,(H,29,30,32,33). The minimum absolute atomic E-state index is 0.121. The minimum atomic E-state index is -0.121. The first-order chi connectivity index (χ1) is 18.2. The molecule has 0 saturated carbocycles. The fourth-order valence-electron chi connectivity index (χ4n) is 4.36. The molecule has 1 N–H and O–H groups in total. The molecule has 0 aliphatic rings. The molecule has 0 atom stereocenters. The molecule has 0 spiro atoms. The zero-order valence-corrected chi connectivity index (χ0v) is 21.1. The number of aryl methyl sites for hydroxylation is 2. The number of nitrogens with zero attached hydrogens (tertiary/aromatic N) is 9. The molecule has 0 amide bonds. The van der Waals surface area contributed by atoms with E-state index in [-0.39, 0.29) is 5.69 Å². The van der Waals surface area contributed by atoms with Gasteiger partial charge in [0, 0.05) is 35.8 Å². The van der Waals surface area contributed by atoms with Gasteiger partial charge in [-0.25, -0.2) is 14.5 Å². The molecule has 0 radical (unpaired) electrons. The maximum Gasteiger partial charge on any atom is 0.335 e. The van der Waals surface area contributed by atoms with E-state index in [1.807, 2.05) is 57.9 Å². The summed E-state index contributed by atoms with van der Waals surface area (Å²) >= 11 is 0. The highest BCUT2D eigenvalue weighted by atomic mass is 16.2. The fourth-order valence-corrected chi connectivity index (χ4v) is 4.36. The Kier molecular flexibility index (Phi) is 7.29. The van der Waals surface area contributed by atoms with Crippen LogP contribution >= 0.6 is 0 Å². The van der Waals surface area contributed by atoms with E-state index in [9.17, 15) is 4.79 Å². The van der Waals surface area contributed by atoms with E-state index < -0.39 is 0 Å². The largest absolute Gasteiger partial charge is 0.335 e. The topological polar surface area (TPSA) is 125 Å². The molecule has 37 heavy (non-hydrogen) atoms. The van der Waals surface area contributed by atoms with Crippen molar-refractivity contribution in [3.05, 3.63) is 76.9 Å². The quantitative estimate of drug-likeness (QED) is 0.295. The molecule has 0 fully saturated rings. The van der Waals surface area contributed by atoms with Gasteiger partial charge in [0.05, 0.1) is 12.2 Å². The van der Waals surface area contributed by atoms with E-state index >= 15 is 0 Å². The monoisotopic (exact) mass is 498 g/mol. The third kappa shape index (κ3) is 5.11. The van der Waals surface area contributed by atoms with Gasteiger partial charge in [0.2, 0.25) is 5.95 Å². The van der Waals surface area contributed by atoms with Gasteiger partial charge < -0.3 is 0 Å². The molecule has 0 unspecified atom stereocenters. The molecule has 0 saturated heterocycles. The number of imidazole rings is 1. The van der Waals surface area contributed by atoms with Crippen LogP contribution in [0.2, 0.25) is 0 Å². The second-order valence-corrected chi connectivity index (χ2v) is 8.99. The predicted molar refractivity (Wildman–Crippen MR) is 139 cm³/mol. The molecule has 11 nitrogen and oxygen atoms in total. The first-order valence-corrected chi connectivity index (χ1v) is 12.7. The Morgan fingerprint density at radius 1 is 0.973 bits per heavy atom. The number of pyridine rings is 1. The highest BCUT2D eigenvalue weighted by Crippen LogP contribution is 2.28. The SMILES string of the molecule is CCCCc1cn(-c2nncn2CCCC)c(=O)n1Cc1ccc(-c2ccccc2-c2nnn[nH]2)nc1. The molecule has 0 bridgehead atoms. The van der Waals surface area contributed by atoms with Crippen LogP contribution in [0.3, 0.4) is 0 Å². The number of tetrazole rings is 1. The van der Waals surface area contributed by atoms with Gasteiger partial charge in [0.1, 0.15) is 6.33 Å². The predicted octanol–water partition coefficient (Wildman–Crippen LogP) is 3.66. The van der Waals surface area contributed by atoms with Crippen molar-refractivity contribution in [3.8, 4) is 28.6 Å². The van der Waals surface area contributed by atoms with Gasteiger partial charge in [0.25, 0.3) is 0 Å². The van der Waals surface area contributed by atoms with Crippen molar-refractivity contribution in [1.29, 1.82) is 0 Å². The van der Waals surface area contributed by atoms with Crippen LogP contribution in [-0.2, 0) is 19.5 Å². The number of aromatic nitrogens is 10. The molecular weight excluding hydrogens is 468 g/mol. The Hall–Kier alpha value is -4.41. The van der Waals surface area contributed by atoms with Gasteiger partial charge in [-0.3, -0.25) is 14.1 Å². The Balaban J connectivity index is 1.45. The Morgan fingerprint density at radius 3 is 2.54 bits per heavy atom. The van der Waals surface area contributed by atoms with Crippen LogP contribution in [0, 0.1) is 0 Å². The molecular formula is C26H30N10O. The molecule has 190 valence electrons. The van der Waals surface area contributed by atoms with Crippen LogP contribution in [0.4, 0.5) is 0 Å². The zero-order valence-electron chi connectivity index (χ0n) is 21.1.